The van der Waals surface area contributed by atoms with Gasteiger partial charge in [0.15, 0.2) is 0 Å². The summed E-state index contributed by atoms with van der Waals surface area (Å²) in [7, 11) is 0. The zero-order chi connectivity index (χ0) is 19.5. The standard InChI is InChI=1S/C22H21ClN4O/c1-15-25-13-20(16-7-9-24-10-8-16)21(26-15)18-5-3-11-27(14-18)22(28)17-4-2-6-19(23)12-17/h2,4,6-10,12-13,18H,3,5,11,14H2,1H3. The molecular weight excluding hydrogens is 372 g/mol. The molecule has 1 aliphatic rings. The number of piperidine rings is 1. The van der Waals surface area contributed by atoms with Gasteiger partial charge in [0.25, 0.3) is 5.91 Å². The maximum Gasteiger partial charge on any atom is 0.253 e. The fraction of sp³-hybridized carbons (Fsp3) is 0.273. The molecule has 3 heterocycles. The van der Waals surface area contributed by atoms with Gasteiger partial charge in [-0.2, -0.15) is 0 Å². The van der Waals surface area contributed by atoms with Crippen molar-refractivity contribution in [2.24, 2.45) is 0 Å². The summed E-state index contributed by atoms with van der Waals surface area (Å²) in [6, 6.07) is 11.1. The number of carbonyl (C=O) groups is 1. The molecule has 3 aromatic rings. The van der Waals surface area contributed by atoms with Crippen LogP contribution in [0.4, 0.5) is 0 Å². The van der Waals surface area contributed by atoms with Crippen LogP contribution in [0.5, 0.6) is 0 Å². The first kappa shape index (κ1) is 18.6. The van der Waals surface area contributed by atoms with E-state index in [0.29, 0.717) is 17.1 Å². The molecule has 0 bridgehead atoms. The Morgan fingerprint density at radius 1 is 1.21 bits per heavy atom. The van der Waals surface area contributed by atoms with Crippen molar-refractivity contribution >= 4 is 17.5 Å². The van der Waals surface area contributed by atoms with Crippen molar-refractivity contribution in [3.05, 3.63) is 77.1 Å². The summed E-state index contributed by atoms with van der Waals surface area (Å²) in [6.45, 7) is 3.29. The summed E-state index contributed by atoms with van der Waals surface area (Å²) < 4.78 is 0. The van der Waals surface area contributed by atoms with Gasteiger partial charge in [0.05, 0.1) is 5.69 Å². The van der Waals surface area contributed by atoms with Crippen LogP contribution >= 0.6 is 11.6 Å². The molecule has 1 fully saturated rings. The highest BCUT2D eigenvalue weighted by molar-refractivity contribution is 6.30. The minimum absolute atomic E-state index is 0.0171. The van der Waals surface area contributed by atoms with Gasteiger partial charge in [0.1, 0.15) is 5.82 Å². The van der Waals surface area contributed by atoms with Crippen LogP contribution in [0, 0.1) is 6.92 Å². The van der Waals surface area contributed by atoms with Gasteiger partial charge in [0.2, 0.25) is 0 Å². The van der Waals surface area contributed by atoms with Crippen LogP contribution in [-0.2, 0) is 0 Å². The van der Waals surface area contributed by atoms with Crippen LogP contribution in [-0.4, -0.2) is 38.8 Å². The molecule has 0 spiro atoms. The SMILES string of the molecule is Cc1ncc(-c2ccncc2)c(C2CCCN(C(=O)c3cccc(Cl)c3)C2)n1. The van der Waals surface area contributed by atoms with Crippen LogP contribution in [0.25, 0.3) is 11.1 Å². The lowest BCUT2D eigenvalue weighted by Crippen LogP contribution is -2.39. The number of hydrogen-bond donors (Lipinski definition) is 0. The van der Waals surface area contributed by atoms with Gasteiger partial charge in [-0.25, -0.2) is 9.97 Å². The number of carbonyl (C=O) groups excluding carboxylic acids is 1. The molecule has 1 aromatic carbocycles. The van der Waals surface area contributed by atoms with Crippen molar-refractivity contribution in [2.45, 2.75) is 25.7 Å². The molecule has 2 aromatic heterocycles. The Balaban J connectivity index is 1.63. The molecule has 1 amide bonds. The molecule has 6 heteroatoms. The fourth-order valence-corrected chi connectivity index (χ4v) is 3.93. The first-order valence-electron chi connectivity index (χ1n) is 9.40. The molecule has 28 heavy (non-hydrogen) atoms. The number of benzene rings is 1. The average molecular weight is 393 g/mol. The summed E-state index contributed by atoms with van der Waals surface area (Å²) in [6.07, 6.45) is 7.36. The van der Waals surface area contributed by atoms with E-state index in [1.54, 1.807) is 24.5 Å². The predicted molar refractivity (Wildman–Crippen MR) is 109 cm³/mol. The van der Waals surface area contributed by atoms with Crippen molar-refractivity contribution in [1.82, 2.24) is 19.9 Å². The molecule has 1 saturated heterocycles. The molecule has 5 nitrogen and oxygen atoms in total. The summed E-state index contributed by atoms with van der Waals surface area (Å²) in [5.74, 6) is 0.927. The van der Waals surface area contributed by atoms with Gasteiger partial charge in [-0.05, 0) is 55.7 Å². The van der Waals surface area contributed by atoms with Gasteiger partial charge < -0.3 is 4.90 Å². The van der Waals surface area contributed by atoms with Crippen LogP contribution in [0.15, 0.2) is 55.0 Å². The first-order valence-corrected chi connectivity index (χ1v) is 9.78. The summed E-state index contributed by atoms with van der Waals surface area (Å²) in [4.78, 5) is 28.1. The van der Waals surface area contributed by atoms with E-state index in [1.165, 1.54) is 0 Å². The highest BCUT2D eigenvalue weighted by atomic mass is 35.5. The van der Waals surface area contributed by atoms with Crippen molar-refractivity contribution < 1.29 is 4.79 Å². The predicted octanol–water partition coefficient (Wildman–Crippen LogP) is 4.52. The van der Waals surface area contributed by atoms with Gasteiger partial charge in [-0.3, -0.25) is 9.78 Å². The fourth-order valence-electron chi connectivity index (χ4n) is 3.74. The molecule has 142 valence electrons. The molecule has 1 aliphatic heterocycles. The van der Waals surface area contributed by atoms with Crippen molar-refractivity contribution in [1.29, 1.82) is 0 Å². The van der Waals surface area contributed by atoms with E-state index >= 15 is 0 Å². The van der Waals surface area contributed by atoms with Crippen molar-refractivity contribution in [3.63, 3.8) is 0 Å². The number of likely N-dealkylation sites (tertiary alicyclic amines) is 1. The third-order valence-corrected chi connectivity index (χ3v) is 5.33. The van der Waals surface area contributed by atoms with E-state index in [0.717, 1.165) is 42.0 Å². The largest absolute Gasteiger partial charge is 0.338 e. The minimum atomic E-state index is 0.0171. The number of halogens is 1. The topological polar surface area (TPSA) is 59.0 Å². The third-order valence-electron chi connectivity index (χ3n) is 5.10. The summed E-state index contributed by atoms with van der Waals surface area (Å²) >= 11 is 6.07. The summed E-state index contributed by atoms with van der Waals surface area (Å²) in [5.41, 5.74) is 3.68. The average Bonchev–Trinajstić information content (AvgIpc) is 2.74. The number of pyridine rings is 1. The third kappa shape index (κ3) is 3.90. The molecule has 4 rings (SSSR count). The Morgan fingerprint density at radius 3 is 2.82 bits per heavy atom. The van der Waals surface area contributed by atoms with E-state index in [9.17, 15) is 4.79 Å². The second-order valence-corrected chi connectivity index (χ2v) is 7.49. The Morgan fingerprint density at radius 2 is 2.04 bits per heavy atom. The second kappa shape index (κ2) is 8.07. The Bertz CT molecular complexity index is 993. The molecule has 1 unspecified atom stereocenters. The first-order chi connectivity index (χ1) is 13.6. The van der Waals surface area contributed by atoms with Crippen LogP contribution in [0.3, 0.4) is 0 Å². The number of aromatic nitrogens is 3. The Hall–Kier alpha value is -2.79. The molecule has 1 atom stereocenters. The van der Waals surface area contributed by atoms with E-state index in [-0.39, 0.29) is 11.8 Å². The monoisotopic (exact) mass is 392 g/mol. The molecule has 0 radical (unpaired) electrons. The lowest BCUT2D eigenvalue weighted by atomic mass is 9.89. The van der Waals surface area contributed by atoms with Crippen molar-refractivity contribution in [3.8, 4) is 11.1 Å². The number of aryl methyl sites for hydroxylation is 1. The molecular formula is C22H21ClN4O. The van der Waals surface area contributed by atoms with E-state index in [2.05, 4.69) is 9.97 Å². The van der Waals surface area contributed by atoms with Gasteiger partial charge in [0, 0.05) is 53.7 Å². The normalized spacial score (nSPS) is 16.8. The maximum atomic E-state index is 13.0. The zero-order valence-corrected chi connectivity index (χ0v) is 16.4. The molecule has 0 aliphatic carbocycles. The van der Waals surface area contributed by atoms with E-state index in [4.69, 9.17) is 16.6 Å². The number of rotatable bonds is 3. The number of nitrogens with zero attached hydrogens (tertiary/aromatic N) is 4. The Kier molecular flexibility index (Phi) is 5.35. The molecule has 0 N–H and O–H groups in total. The lowest BCUT2D eigenvalue weighted by Gasteiger charge is -2.33. The van der Waals surface area contributed by atoms with Crippen LogP contribution in [0.2, 0.25) is 5.02 Å². The smallest absolute Gasteiger partial charge is 0.253 e. The quantitative estimate of drug-likeness (QED) is 0.657. The van der Waals surface area contributed by atoms with Gasteiger partial charge >= 0.3 is 0 Å². The van der Waals surface area contributed by atoms with Gasteiger partial charge in [-0.15, -0.1) is 0 Å². The number of hydrogen-bond acceptors (Lipinski definition) is 4. The lowest BCUT2D eigenvalue weighted by molar-refractivity contribution is 0.0706. The second-order valence-electron chi connectivity index (χ2n) is 7.05. The molecule has 0 saturated carbocycles. The van der Waals surface area contributed by atoms with Gasteiger partial charge in [-0.1, -0.05) is 17.7 Å². The summed E-state index contributed by atoms with van der Waals surface area (Å²) in [5, 5.41) is 0.575. The van der Waals surface area contributed by atoms with E-state index < -0.39 is 0 Å². The number of amides is 1. The Labute approximate surface area is 169 Å². The maximum absolute atomic E-state index is 13.0. The zero-order valence-electron chi connectivity index (χ0n) is 15.7. The highest BCUT2D eigenvalue weighted by Gasteiger charge is 2.28. The van der Waals surface area contributed by atoms with E-state index in [1.807, 2.05) is 42.3 Å². The minimum Gasteiger partial charge on any atom is -0.338 e. The highest BCUT2D eigenvalue weighted by Crippen LogP contribution is 2.33. The van der Waals surface area contributed by atoms with Crippen LogP contribution in [0.1, 0.15) is 40.6 Å². The van der Waals surface area contributed by atoms with Crippen LogP contribution < -0.4 is 0 Å². The van der Waals surface area contributed by atoms with Crippen molar-refractivity contribution in [2.75, 3.05) is 13.1 Å².